The fourth-order valence-electron chi connectivity index (χ4n) is 2.14. The second kappa shape index (κ2) is 6.50. The minimum Gasteiger partial charge on any atom is -0.387 e. The standard InChI is InChI=1S/C14H15Br2NOS/c1-8-4-2-3-5-9(8)10(7-17)13(18)12-6-11(15)14(16)19-12/h2-6,10,13,18H,7,17H2,1H3. The van der Waals surface area contributed by atoms with Gasteiger partial charge < -0.3 is 10.8 Å². The maximum atomic E-state index is 10.6. The first-order valence-electron chi connectivity index (χ1n) is 5.93. The van der Waals surface area contributed by atoms with Gasteiger partial charge in [-0.3, -0.25) is 0 Å². The summed E-state index contributed by atoms with van der Waals surface area (Å²) in [4.78, 5) is 0.914. The van der Waals surface area contributed by atoms with Gasteiger partial charge in [0.1, 0.15) is 0 Å². The maximum Gasteiger partial charge on any atom is 0.0963 e. The van der Waals surface area contributed by atoms with Crippen molar-refractivity contribution in [2.45, 2.75) is 18.9 Å². The summed E-state index contributed by atoms with van der Waals surface area (Å²) in [6.07, 6.45) is -0.585. The summed E-state index contributed by atoms with van der Waals surface area (Å²) in [5.41, 5.74) is 8.15. The van der Waals surface area contributed by atoms with E-state index in [-0.39, 0.29) is 5.92 Å². The van der Waals surface area contributed by atoms with Gasteiger partial charge in [0.2, 0.25) is 0 Å². The highest BCUT2D eigenvalue weighted by Crippen LogP contribution is 2.40. The third-order valence-corrected chi connectivity index (χ3v) is 6.51. The first kappa shape index (κ1) is 15.2. The molecule has 0 aliphatic carbocycles. The van der Waals surface area contributed by atoms with Crippen molar-refractivity contribution >= 4 is 43.2 Å². The number of nitrogens with two attached hydrogens (primary N) is 1. The van der Waals surface area contributed by atoms with Crippen LogP contribution in [0.15, 0.2) is 38.6 Å². The molecule has 0 saturated carbocycles. The first-order valence-corrected chi connectivity index (χ1v) is 8.33. The molecule has 0 bridgehead atoms. The third kappa shape index (κ3) is 3.28. The molecule has 0 spiro atoms. The number of hydrogen-bond donors (Lipinski definition) is 2. The van der Waals surface area contributed by atoms with Crippen LogP contribution >= 0.6 is 43.2 Å². The van der Waals surface area contributed by atoms with Gasteiger partial charge in [-0.1, -0.05) is 24.3 Å². The quantitative estimate of drug-likeness (QED) is 0.795. The SMILES string of the molecule is Cc1ccccc1C(CN)C(O)c1cc(Br)c(Br)s1. The van der Waals surface area contributed by atoms with Crippen molar-refractivity contribution in [1.82, 2.24) is 0 Å². The summed E-state index contributed by atoms with van der Waals surface area (Å²) in [6.45, 7) is 2.46. The van der Waals surface area contributed by atoms with Crippen LogP contribution in [0.25, 0.3) is 0 Å². The summed E-state index contributed by atoms with van der Waals surface area (Å²) in [5.74, 6) is -0.0846. The predicted molar refractivity (Wildman–Crippen MR) is 87.7 cm³/mol. The van der Waals surface area contributed by atoms with E-state index in [0.717, 1.165) is 24.3 Å². The Labute approximate surface area is 133 Å². The molecule has 1 aromatic heterocycles. The van der Waals surface area contributed by atoms with Crippen LogP contribution in [-0.2, 0) is 0 Å². The number of benzene rings is 1. The molecule has 2 aromatic rings. The van der Waals surface area contributed by atoms with Gasteiger partial charge in [0.05, 0.1) is 9.89 Å². The highest BCUT2D eigenvalue weighted by atomic mass is 79.9. The number of halogens is 2. The van der Waals surface area contributed by atoms with Crippen molar-refractivity contribution in [2.24, 2.45) is 5.73 Å². The zero-order valence-electron chi connectivity index (χ0n) is 10.4. The molecule has 2 atom stereocenters. The largest absolute Gasteiger partial charge is 0.387 e. The van der Waals surface area contributed by atoms with Crippen LogP contribution in [0.2, 0.25) is 0 Å². The monoisotopic (exact) mass is 403 g/mol. The minimum atomic E-state index is -0.585. The molecule has 2 nitrogen and oxygen atoms in total. The van der Waals surface area contributed by atoms with E-state index in [1.165, 1.54) is 11.3 Å². The Bertz CT molecular complexity index is 551. The summed E-state index contributed by atoms with van der Waals surface area (Å²) >= 11 is 8.43. The lowest BCUT2D eigenvalue weighted by Gasteiger charge is -2.22. The second-order valence-corrected chi connectivity index (χ2v) is 7.67. The van der Waals surface area contributed by atoms with E-state index >= 15 is 0 Å². The van der Waals surface area contributed by atoms with Gasteiger partial charge in [0, 0.05) is 21.8 Å². The van der Waals surface area contributed by atoms with Crippen molar-refractivity contribution < 1.29 is 5.11 Å². The van der Waals surface area contributed by atoms with Gasteiger partial charge in [-0.15, -0.1) is 11.3 Å². The smallest absolute Gasteiger partial charge is 0.0963 e. The van der Waals surface area contributed by atoms with Crippen LogP contribution in [-0.4, -0.2) is 11.7 Å². The van der Waals surface area contributed by atoms with Crippen LogP contribution in [0.5, 0.6) is 0 Å². The molecule has 0 radical (unpaired) electrons. The van der Waals surface area contributed by atoms with Crippen LogP contribution in [0.1, 0.15) is 28.0 Å². The van der Waals surface area contributed by atoms with Crippen molar-refractivity contribution in [2.75, 3.05) is 6.54 Å². The Hall–Kier alpha value is -0.200. The molecule has 1 aromatic carbocycles. The molecule has 0 aliphatic heterocycles. The molecule has 1 heterocycles. The van der Waals surface area contributed by atoms with Gasteiger partial charge in [0.25, 0.3) is 0 Å². The van der Waals surface area contributed by atoms with E-state index in [1.807, 2.05) is 37.3 Å². The van der Waals surface area contributed by atoms with Crippen molar-refractivity contribution in [3.05, 3.63) is 54.6 Å². The predicted octanol–water partition coefficient (Wildman–Crippen LogP) is 4.36. The summed E-state index contributed by atoms with van der Waals surface area (Å²) < 4.78 is 1.95. The number of thiophene rings is 1. The van der Waals surface area contributed by atoms with Crippen molar-refractivity contribution in [3.63, 3.8) is 0 Å². The number of aliphatic hydroxyl groups excluding tert-OH is 1. The molecule has 2 unspecified atom stereocenters. The molecular weight excluding hydrogens is 390 g/mol. The topological polar surface area (TPSA) is 46.2 Å². The van der Waals surface area contributed by atoms with E-state index < -0.39 is 6.10 Å². The van der Waals surface area contributed by atoms with Crippen LogP contribution in [0, 0.1) is 6.92 Å². The lowest BCUT2D eigenvalue weighted by atomic mass is 9.89. The minimum absolute atomic E-state index is 0.0846. The Kier molecular flexibility index (Phi) is 5.20. The lowest BCUT2D eigenvalue weighted by molar-refractivity contribution is 0.151. The molecule has 5 heteroatoms. The van der Waals surface area contributed by atoms with E-state index in [0.29, 0.717) is 6.54 Å². The molecule has 3 N–H and O–H groups in total. The molecule has 0 saturated heterocycles. The molecule has 19 heavy (non-hydrogen) atoms. The molecule has 2 rings (SSSR count). The third-order valence-electron chi connectivity index (χ3n) is 3.18. The van der Waals surface area contributed by atoms with Gasteiger partial charge in [-0.2, -0.15) is 0 Å². The number of aryl methyl sites for hydroxylation is 1. The molecular formula is C14H15Br2NOS. The highest BCUT2D eigenvalue weighted by Gasteiger charge is 2.24. The fourth-order valence-corrected chi connectivity index (χ4v) is 4.28. The highest BCUT2D eigenvalue weighted by molar-refractivity contribution is 9.13. The summed E-state index contributed by atoms with van der Waals surface area (Å²) in [7, 11) is 0. The van der Waals surface area contributed by atoms with E-state index in [1.54, 1.807) is 0 Å². The average molecular weight is 405 g/mol. The number of aliphatic hydroxyl groups is 1. The maximum absolute atomic E-state index is 10.6. The van der Waals surface area contributed by atoms with Crippen LogP contribution in [0.3, 0.4) is 0 Å². The average Bonchev–Trinajstić information content (AvgIpc) is 2.73. The Balaban J connectivity index is 2.34. The van der Waals surface area contributed by atoms with E-state index in [4.69, 9.17) is 5.73 Å². The number of rotatable bonds is 4. The van der Waals surface area contributed by atoms with E-state index in [2.05, 4.69) is 31.9 Å². The number of hydrogen-bond acceptors (Lipinski definition) is 3. The first-order chi connectivity index (χ1) is 9.04. The molecule has 0 amide bonds. The van der Waals surface area contributed by atoms with Crippen LogP contribution < -0.4 is 5.73 Å². The van der Waals surface area contributed by atoms with Gasteiger partial charge in [-0.05, 0) is 56.0 Å². The lowest BCUT2D eigenvalue weighted by Crippen LogP contribution is -2.20. The molecule has 102 valence electrons. The Morgan fingerprint density at radius 2 is 2.00 bits per heavy atom. The van der Waals surface area contributed by atoms with Crippen molar-refractivity contribution in [3.8, 4) is 0 Å². The zero-order chi connectivity index (χ0) is 14.0. The molecule has 0 aliphatic rings. The van der Waals surface area contributed by atoms with E-state index in [9.17, 15) is 5.11 Å². The van der Waals surface area contributed by atoms with Gasteiger partial charge >= 0.3 is 0 Å². The normalized spacial score (nSPS) is 14.4. The Morgan fingerprint density at radius 1 is 1.32 bits per heavy atom. The molecule has 0 fully saturated rings. The van der Waals surface area contributed by atoms with Crippen molar-refractivity contribution in [1.29, 1.82) is 0 Å². The van der Waals surface area contributed by atoms with Gasteiger partial charge in [0.15, 0.2) is 0 Å². The fraction of sp³-hybridized carbons (Fsp3) is 0.286. The summed E-state index contributed by atoms with van der Waals surface area (Å²) in [6, 6.07) is 10.0. The van der Waals surface area contributed by atoms with Gasteiger partial charge in [-0.25, -0.2) is 0 Å². The van der Waals surface area contributed by atoms with Crippen LogP contribution in [0.4, 0.5) is 0 Å². The zero-order valence-corrected chi connectivity index (χ0v) is 14.4. The summed E-state index contributed by atoms with van der Waals surface area (Å²) in [5, 5.41) is 10.6. The second-order valence-electron chi connectivity index (χ2n) is 4.41. The Morgan fingerprint density at radius 3 is 2.53 bits per heavy atom.